The summed E-state index contributed by atoms with van der Waals surface area (Å²) in [7, 11) is 0. The van der Waals surface area contributed by atoms with Gasteiger partial charge in [-0.25, -0.2) is 4.98 Å². The second-order valence-corrected chi connectivity index (χ2v) is 6.05. The van der Waals surface area contributed by atoms with Crippen molar-refractivity contribution in [2.45, 2.75) is 6.92 Å². The van der Waals surface area contributed by atoms with Crippen molar-refractivity contribution in [3.05, 3.63) is 49.4 Å². The van der Waals surface area contributed by atoms with Crippen LogP contribution in [0.15, 0.2) is 43.7 Å². The van der Waals surface area contributed by atoms with E-state index in [0.717, 1.165) is 30.6 Å². The molecule has 0 fully saturated rings. The molecule has 1 N–H and O–H groups in total. The highest BCUT2D eigenvalue weighted by molar-refractivity contribution is 9.11. The van der Waals surface area contributed by atoms with E-state index >= 15 is 0 Å². The number of aromatic nitrogens is 1. The predicted octanol–water partition coefficient (Wildman–Crippen LogP) is 5.42. The molecule has 88 valence electrons. The van der Waals surface area contributed by atoms with Crippen molar-refractivity contribution in [3.63, 3.8) is 0 Å². The van der Waals surface area contributed by atoms with Crippen LogP contribution in [0.25, 0.3) is 0 Å². The summed E-state index contributed by atoms with van der Waals surface area (Å²) in [5.74, 6) is 0.818. The molecule has 0 aliphatic heterocycles. The Morgan fingerprint density at radius 2 is 1.59 bits per heavy atom. The molecule has 0 bridgehead atoms. The minimum Gasteiger partial charge on any atom is -0.338 e. The molecule has 5 heteroatoms. The fourth-order valence-electron chi connectivity index (χ4n) is 1.36. The fourth-order valence-corrected chi connectivity index (χ4v) is 2.78. The number of hydrogen-bond acceptors (Lipinski definition) is 2. The monoisotopic (exact) mass is 418 g/mol. The molecule has 0 atom stereocenters. The standard InChI is InChI=1S/C12H9Br3N2/c1-7-8(13)5-6-11(16-7)17-12-9(14)3-2-4-10(12)15/h2-6H,1H3,(H,16,17). The average molecular weight is 421 g/mol. The van der Waals surface area contributed by atoms with Gasteiger partial charge in [-0.05, 0) is 79.0 Å². The molecular weight excluding hydrogens is 412 g/mol. The number of para-hydroxylation sites is 1. The number of nitrogens with one attached hydrogen (secondary N) is 1. The molecule has 0 amide bonds. The summed E-state index contributed by atoms with van der Waals surface area (Å²) in [5.41, 5.74) is 1.93. The van der Waals surface area contributed by atoms with E-state index in [4.69, 9.17) is 0 Å². The van der Waals surface area contributed by atoms with Crippen molar-refractivity contribution in [3.8, 4) is 0 Å². The molecular formula is C12H9Br3N2. The highest BCUT2D eigenvalue weighted by atomic mass is 79.9. The molecule has 1 heterocycles. The predicted molar refractivity (Wildman–Crippen MR) is 81.8 cm³/mol. The number of rotatable bonds is 2. The summed E-state index contributed by atoms with van der Waals surface area (Å²) in [5, 5.41) is 3.28. The number of aryl methyl sites for hydroxylation is 1. The minimum absolute atomic E-state index is 0.818. The Morgan fingerprint density at radius 1 is 0.941 bits per heavy atom. The first kappa shape index (κ1) is 13.1. The molecule has 0 spiro atoms. The third-order valence-corrected chi connectivity index (χ3v) is 4.40. The van der Waals surface area contributed by atoms with Gasteiger partial charge in [0.15, 0.2) is 0 Å². The highest BCUT2D eigenvalue weighted by Crippen LogP contribution is 2.32. The van der Waals surface area contributed by atoms with Crippen molar-refractivity contribution in [2.24, 2.45) is 0 Å². The first-order valence-corrected chi connectivity index (χ1v) is 7.30. The number of hydrogen-bond donors (Lipinski definition) is 1. The van der Waals surface area contributed by atoms with Crippen molar-refractivity contribution in [2.75, 3.05) is 5.32 Å². The van der Waals surface area contributed by atoms with Crippen LogP contribution >= 0.6 is 47.8 Å². The van der Waals surface area contributed by atoms with E-state index in [-0.39, 0.29) is 0 Å². The van der Waals surface area contributed by atoms with Gasteiger partial charge in [0.2, 0.25) is 0 Å². The molecule has 1 aromatic carbocycles. The van der Waals surface area contributed by atoms with Crippen LogP contribution in [0.1, 0.15) is 5.69 Å². The summed E-state index contributed by atoms with van der Waals surface area (Å²) in [6.07, 6.45) is 0. The van der Waals surface area contributed by atoms with Gasteiger partial charge in [0.05, 0.1) is 11.4 Å². The number of benzene rings is 1. The van der Waals surface area contributed by atoms with Gasteiger partial charge < -0.3 is 5.32 Å². The lowest BCUT2D eigenvalue weighted by molar-refractivity contribution is 1.18. The van der Waals surface area contributed by atoms with Crippen LogP contribution in [-0.4, -0.2) is 4.98 Å². The smallest absolute Gasteiger partial charge is 0.130 e. The van der Waals surface area contributed by atoms with Gasteiger partial charge in [0, 0.05) is 13.4 Å². The average Bonchev–Trinajstić information content (AvgIpc) is 2.28. The zero-order valence-electron chi connectivity index (χ0n) is 8.97. The zero-order valence-corrected chi connectivity index (χ0v) is 13.7. The highest BCUT2D eigenvalue weighted by Gasteiger charge is 2.06. The Morgan fingerprint density at radius 3 is 2.18 bits per heavy atom. The Balaban J connectivity index is 2.35. The molecule has 0 saturated heterocycles. The number of anilines is 2. The third-order valence-electron chi connectivity index (χ3n) is 2.24. The number of pyridine rings is 1. The zero-order chi connectivity index (χ0) is 12.4. The van der Waals surface area contributed by atoms with Gasteiger partial charge in [-0.2, -0.15) is 0 Å². The van der Waals surface area contributed by atoms with Crippen LogP contribution in [0.3, 0.4) is 0 Å². The van der Waals surface area contributed by atoms with Crippen LogP contribution in [0, 0.1) is 6.92 Å². The van der Waals surface area contributed by atoms with Crippen molar-refractivity contribution in [1.29, 1.82) is 0 Å². The molecule has 1 aromatic heterocycles. The third kappa shape index (κ3) is 3.09. The van der Waals surface area contributed by atoms with Crippen LogP contribution in [-0.2, 0) is 0 Å². The van der Waals surface area contributed by atoms with E-state index < -0.39 is 0 Å². The van der Waals surface area contributed by atoms with E-state index in [0.29, 0.717) is 0 Å². The molecule has 2 aromatic rings. The Hall–Kier alpha value is -0.390. The largest absolute Gasteiger partial charge is 0.338 e. The van der Waals surface area contributed by atoms with Gasteiger partial charge in [-0.1, -0.05) is 6.07 Å². The molecule has 2 nitrogen and oxygen atoms in total. The Kier molecular flexibility index (Phi) is 4.22. The van der Waals surface area contributed by atoms with E-state index in [1.165, 1.54) is 0 Å². The van der Waals surface area contributed by atoms with Gasteiger partial charge >= 0.3 is 0 Å². The van der Waals surface area contributed by atoms with E-state index in [9.17, 15) is 0 Å². The maximum absolute atomic E-state index is 4.45. The molecule has 0 aliphatic rings. The van der Waals surface area contributed by atoms with Crippen molar-refractivity contribution >= 4 is 59.3 Å². The molecule has 0 saturated carbocycles. The van der Waals surface area contributed by atoms with Crippen molar-refractivity contribution in [1.82, 2.24) is 4.98 Å². The van der Waals surface area contributed by atoms with Gasteiger partial charge in [0.25, 0.3) is 0 Å². The van der Waals surface area contributed by atoms with E-state index in [2.05, 4.69) is 58.1 Å². The van der Waals surface area contributed by atoms with Gasteiger partial charge in [0.1, 0.15) is 5.82 Å². The lowest BCUT2D eigenvalue weighted by atomic mass is 10.3. The van der Waals surface area contributed by atoms with Gasteiger partial charge in [-0.3, -0.25) is 0 Å². The molecule has 0 unspecified atom stereocenters. The SMILES string of the molecule is Cc1nc(Nc2c(Br)cccc2Br)ccc1Br. The topological polar surface area (TPSA) is 24.9 Å². The lowest BCUT2D eigenvalue weighted by Gasteiger charge is -2.10. The second-order valence-electron chi connectivity index (χ2n) is 3.49. The van der Waals surface area contributed by atoms with Crippen LogP contribution in [0.4, 0.5) is 11.5 Å². The van der Waals surface area contributed by atoms with E-state index in [1.807, 2.05) is 37.3 Å². The van der Waals surface area contributed by atoms with Crippen LogP contribution < -0.4 is 5.32 Å². The molecule has 17 heavy (non-hydrogen) atoms. The molecule has 0 aliphatic carbocycles. The summed E-state index contributed by atoms with van der Waals surface area (Å²) >= 11 is 10.5. The summed E-state index contributed by atoms with van der Waals surface area (Å²) in [6.45, 7) is 1.96. The van der Waals surface area contributed by atoms with Crippen molar-refractivity contribution < 1.29 is 0 Å². The van der Waals surface area contributed by atoms with Crippen LogP contribution in [0.5, 0.6) is 0 Å². The Labute approximate surface area is 125 Å². The maximum Gasteiger partial charge on any atom is 0.130 e. The maximum atomic E-state index is 4.45. The fraction of sp³-hybridized carbons (Fsp3) is 0.0833. The second kappa shape index (κ2) is 5.50. The number of halogens is 3. The van der Waals surface area contributed by atoms with Crippen LogP contribution in [0.2, 0.25) is 0 Å². The summed E-state index contributed by atoms with van der Waals surface area (Å²) < 4.78 is 3.00. The van der Waals surface area contributed by atoms with Gasteiger partial charge in [-0.15, -0.1) is 0 Å². The molecule has 2 rings (SSSR count). The Bertz CT molecular complexity index is 535. The first-order valence-electron chi connectivity index (χ1n) is 4.92. The molecule has 0 radical (unpaired) electrons. The minimum atomic E-state index is 0.818. The van der Waals surface area contributed by atoms with E-state index in [1.54, 1.807) is 0 Å². The summed E-state index contributed by atoms with van der Waals surface area (Å²) in [6, 6.07) is 9.86. The lowest BCUT2D eigenvalue weighted by Crippen LogP contribution is -1.96. The normalized spacial score (nSPS) is 10.4. The number of nitrogens with zero attached hydrogens (tertiary/aromatic N) is 1. The summed E-state index contributed by atoms with van der Waals surface area (Å²) in [4.78, 5) is 4.45. The quantitative estimate of drug-likeness (QED) is 0.701. The first-order chi connectivity index (χ1) is 8.08.